The molecule has 1 amide bonds. The maximum Gasteiger partial charge on any atom is 0.332 e. The molecule has 0 spiro atoms. The number of nitrogens with zero attached hydrogens (tertiary/aromatic N) is 4. The molecule has 0 aliphatic carbocycles. The number of aryl methyl sites for hydroxylation is 2. The van der Waals surface area contributed by atoms with Crippen LogP contribution in [-0.4, -0.2) is 30.3 Å². The molecule has 170 valence electrons. The minimum atomic E-state index is -0.461. The SMILES string of the molecule is Cc1ccc(NC(=O)CSc2nc3c(c(=O)n(C)c(=O)n3C)n2Cc2ccc(Cl)cc2)cc1. The number of carbonyl (C=O) groups excluding carboxylic acids is 1. The molecule has 0 bridgehead atoms. The fourth-order valence-corrected chi connectivity index (χ4v) is 4.34. The number of benzene rings is 2. The van der Waals surface area contributed by atoms with E-state index in [-0.39, 0.29) is 17.3 Å². The summed E-state index contributed by atoms with van der Waals surface area (Å²) in [5.41, 5.74) is 2.39. The summed E-state index contributed by atoms with van der Waals surface area (Å²) >= 11 is 7.21. The largest absolute Gasteiger partial charge is 0.332 e. The Balaban J connectivity index is 1.69. The Bertz CT molecular complexity index is 1450. The summed E-state index contributed by atoms with van der Waals surface area (Å²) in [5, 5.41) is 3.93. The number of imidazole rings is 1. The van der Waals surface area contributed by atoms with Crippen LogP contribution in [0.2, 0.25) is 5.02 Å². The van der Waals surface area contributed by atoms with Crippen molar-refractivity contribution in [1.82, 2.24) is 18.7 Å². The Morgan fingerprint density at radius 1 is 1.03 bits per heavy atom. The first-order valence-electron chi connectivity index (χ1n) is 10.1. The van der Waals surface area contributed by atoms with E-state index in [0.29, 0.717) is 27.9 Å². The highest BCUT2D eigenvalue weighted by Crippen LogP contribution is 2.24. The number of aromatic nitrogens is 4. The number of anilines is 1. The van der Waals surface area contributed by atoms with Gasteiger partial charge in [0.25, 0.3) is 5.56 Å². The Kier molecular flexibility index (Phi) is 6.44. The second-order valence-corrected chi connectivity index (χ2v) is 9.07. The van der Waals surface area contributed by atoms with Crippen molar-refractivity contribution < 1.29 is 4.79 Å². The molecule has 4 rings (SSSR count). The van der Waals surface area contributed by atoms with Gasteiger partial charge in [0.05, 0.1) is 12.3 Å². The van der Waals surface area contributed by atoms with Gasteiger partial charge in [0.15, 0.2) is 16.3 Å². The first-order valence-corrected chi connectivity index (χ1v) is 11.5. The maximum atomic E-state index is 13.0. The van der Waals surface area contributed by atoms with Gasteiger partial charge in [-0.3, -0.25) is 18.7 Å². The Hall–Kier alpha value is -3.30. The van der Waals surface area contributed by atoms with Gasteiger partial charge in [-0.15, -0.1) is 0 Å². The van der Waals surface area contributed by atoms with E-state index in [4.69, 9.17) is 11.6 Å². The minimum Gasteiger partial charge on any atom is -0.325 e. The third kappa shape index (κ3) is 4.74. The highest BCUT2D eigenvalue weighted by molar-refractivity contribution is 7.99. The van der Waals surface area contributed by atoms with Gasteiger partial charge in [-0.1, -0.05) is 53.2 Å². The Labute approximate surface area is 198 Å². The van der Waals surface area contributed by atoms with Crippen LogP contribution in [0, 0.1) is 6.92 Å². The molecule has 0 saturated heterocycles. The second-order valence-electron chi connectivity index (χ2n) is 7.69. The van der Waals surface area contributed by atoms with E-state index in [1.165, 1.54) is 23.4 Å². The molecular formula is C23H22ClN5O3S. The topological polar surface area (TPSA) is 90.9 Å². The lowest BCUT2D eigenvalue weighted by molar-refractivity contribution is -0.113. The maximum absolute atomic E-state index is 13.0. The first kappa shape index (κ1) is 22.9. The molecule has 0 aliphatic rings. The van der Waals surface area contributed by atoms with Crippen LogP contribution in [0.15, 0.2) is 63.3 Å². The van der Waals surface area contributed by atoms with E-state index in [1.807, 2.05) is 43.3 Å². The van der Waals surface area contributed by atoms with Crippen molar-refractivity contribution in [3.8, 4) is 0 Å². The van der Waals surface area contributed by atoms with Crippen molar-refractivity contribution in [2.75, 3.05) is 11.1 Å². The number of halogens is 1. The number of fused-ring (bicyclic) bond motifs is 1. The average Bonchev–Trinajstić information content (AvgIpc) is 3.16. The van der Waals surface area contributed by atoms with Crippen molar-refractivity contribution in [2.24, 2.45) is 14.1 Å². The van der Waals surface area contributed by atoms with Gasteiger partial charge in [0, 0.05) is 24.8 Å². The van der Waals surface area contributed by atoms with Crippen LogP contribution in [-0.2, 0) is 25.4 Å². The molecule has 2 heterocycles. The van der Waals surface area contributed by atoms with Crippen molar-refractivity contribution >= 4 is 46.1 Å². The van der Waals surface area contributed by atoms with Gasteiger partial charge in [-0.05, 0) is 36.8 Å². The summed E-state index contributed by atoms with van der Waals surface area (Å²) in [6, 6.07) is 14.8. The van der Waals surface area contributed by atoms with Crippen molar-refractivity contribution in [2.45, 2.75) is 18.6 Å². The number of rotatable bonds is 6. The molecule has 2 aromatic carbocycles. The Morgan fingerprint density at radius 2 is 1.70 bits per heavy atom. The number of hydrogen-bond acceptors (Lipinski definition) is 5. The monoisotopic (exact) mass is 483 g/mol. The van der Waals surface area contributed by atoms with Crippen LogP contribution in [0.1, 0.15) is 11.1 Å². The van der Waals surface area contributed by atoms with Crippen molar-refractivity contribution in [1.29, 1.82) is 0 Å². The van der Waals surface area contributed by atoms with E-state index in [9.17, 15) is 14.4 Å². The molecule has 33 heavy (non-hydrogen) atoms. The summed E-state index contributed by atoms with van der Waals surface area (Å²) < 4.78 is 4.14. The van der Waals surface area contributed by atoms with Crippen LogP contribution in [0.5, 0.6) is 0 Å². The van der Waals surface area contributed by atoms with Gasteiger partial charge >= 0.3 is 5.69 Å². The highest BCUT2D eigenvalue weighted by Gasteiger charge is 2.20. The molecule has 0 unspecified atom stereocenters. The predicted molar refractivity (Wildman–Crippen MR) is 131 cm³/mol. The molecular weight excluding hydrogens is 462 g/mol. The van der Waals surface area contributed by atoms with E-state index in [1.54, 1.807) is 23.7 Å². The second kappa shape index (κ2) is 9.29. The fraction of sp³-hybridized carbons (Fsp3) is 0.217. The van der Waals surface area contributed by atoms with E-state index >= 15 is 0 Å². The molecule has 0 aliphatic heterocycles. The number of thioether (sulfide) groups is 1. The summed E-state index contributed by atoms with van der Waals surface area (Å²) in [6.07, 6.45) is 0. The van der Waals surface area contributed by atoms with E-state index in [0.717, 1.165) is 15.7 Å². The van der Waals surface area contributed by atoms with Crippen LogP contribution in [0.25, 0.3) is 11.2 Å². The smallest absolute Gasteiger partial charge is 0.325 e. The summed E-state index contributed by atoms with van der Waals surface area (Å²) in [7, 11) is 3.01. The fourth-order valence-electron chi connectivity index (χ4n) is 3.42. The lowest BCUT2D eigenvalue weighted by Gasteiger charge is -2.10. The third-order valence-corrected chi connectivity index (χ3v) is 6.46. The molecule has 0 saturated carbocycles. The zero-order valence-electron chi connectivity index (χ0n) is 18.3. The van der Waals surface area contributed by atoms with E-state index < -0.39 is 11.2 Å². The van der Waals surface area contributed by atoms with Crippen molar-refractivity contribution in [3.05, 3.63) is 85.5 Å². The van der Waals surface area contributed by atoms with Crippen LogP contribution < -0.4 is 16.6 Å². The summed E-state index contributed by atoms with van der Waals surface area (Å²) in [5.74, 6) is -0.109. The number of hydrogen-bond donors (Lipinski definition) is 1. The van der Waals surface area contributed by atoms with Gasteiger partial charge in [0.1, 0.15) is 0 Å². The standard InChI is InChI=1S/C23H22ClN5O3S/c1-14-4-10-17(11-5-14)25-18(30)13-33-22-26-20-19(21(31)28(3)23(32)27(20)2)29(22)12-15-6-8-16(24)9-7-15/h4-11H,12-13H2,1-3H3,(H,25,30). The molecule has 4 aromatic rings. The quantitative estimate of drug-likeness (QED) is 0.425. The molecule has 0 radical (unpaired) electrons. The molecule has 8 nitrogen and oxygen atoms in total. The molecule has 10 heteroatoms. The van der Waals surface area contributed by atoms with Gasteiger partial charge in [0.2, 0.25) is 5.91 Å². The summed E-state index contributed by atoms with van der Waals surface area (Å²) in [4.78, 5) is 42.4. The molecule has 0 atom stereocenters. The zero-order chi connectivity index (χ0) is 23.7. The zero-order valence-corrected chi connectivity index (χ0v) is 19.9. The highest BCUT2D eigenvalue weighted by atomic mass is 35.5. The average molecular weight is 484 g/mol. The van der Waals surface area contributed by atoms with Gasteiger partial charge in [-0.25, -0.2) is 9.78 Å². The van der Waals surface area contributed by atoms with Crippen LogP contribution >= 0.6 is 23.4 Å². The van der Waals surface area contributed by atoms with Crippen LogP contribution in [0.4, 0.5) is 5.69 Å². The number of nitrogens with one attached hydrogen (secondary N) is 1. The molecule has 0 fully saturated rings. The Morgan fingerprint density at radius 3 is 2.36 bits per heavy atom. The van der Waals surface area contributed by atoms with E-state index in [2.05, 4.69) is 10.3 Å². The minimum absolute atomic E-state index is 0.0894. The molecule has 2 aromatic heterocycles. The third-order valence-electron chi connectivity index (χ3n) is 5.23. The lowest BCUT2D eigenvalue weighted by atomic mass is 10.2. The van der Waals surface area contributed by atoms with Gasteiger partial charge in [-0.2, -0.15) is 0 Å². The number of amides is 1. The summed E-state index contributed by atoms with van der Waals surface area (Å²) in [6.45, 7) is 2.31. The lowest BCUT2D eigenvalue weighted by Crippen LogP contribution is -2.37. The number of carbonyl (C=O) groups is 1. The molecule has 1 N–H and O–H groups in total. The first-order chi connectivity index (χ1) is 15.7. The normalized spacial score (nSPS) is 11.2. The predicted octanol–water partition coefficient (Wildman–Crippen LogP) is 3.17. The van der Waals surface area contributed by atoms with Crippen LogP contribution in [0.3, 0.4) is 0 Å². The van der Waals surface area contributed by atoms with Gasteiger partial charge < -0.3 is 9.88 Å². The van der Waals surface area contributed by atoms with Crippen molar-refractivity contribution in [3.63, 3.8) is 0 Å².